The lowest BCUT2D eigenvalue weighted by Gasteiger charge is -2.38. The molecule has 8 heteroatoms. The Morgan fingerprint density at radius 3 is 2.35 bits per heavy atom. The third-order valence-corrected chi connectivity index (χ3v) is 5.91. The summed E-state index contributed by atoms with van der Waals surface area (Å²) in [6, 6.07) is -0.605. The van der Waals surface area contributed by atoms with Gasteiger partial charge >= 0.3 is 0 Å². The van der Waals surface area contributed by atoms with Crippen LogP contribution >= 0.6 is 12.2 Å². The van der Waals surface area contributed by atoms with Gasteiger partial charge in [0.2, 0.25) is 11.8 Å². The maximum absolute atomic E-state index is 13.0. The minimum absolute atomic E-state index is 0.0202. The van der Waals surface area contributed by atoms with Crippen LogP contribution in [0.15, 0.2) is 0 Å². The second kappa shape index (κ2) is 8.70. The average molecular weight is 380 g/mol. The van der Waals surface area contributed by atoms with Gasteiger partial charge in [-0.05, 0) is 44.1 Å². The van der Waals surface area contributed by atoms with Crippen LogP contribution in [-0.4, -0.2) is 79.2 Å². The number of hydrogen-bond donors (Lipinski definition) is 2. The average Bonchev–Trinajstić information content (AvgIpc) is 3.19. The maximum atomic E-state index is 13.0. The normalized spacial score (nSPS) is 24.6. The molecule has 0 aromatic heterocycles. The van der Waals surface area contributed by atoms with Gasteiger partial charge in [0.25, 0.3) is 0 Å². The van der Waals surface area contributed by atoms with Crippen molar-refractivity contribution in [2.45, 2.75) is 64.5 Å². The molecule has 0 aliphatic carbocycles. The van der Waals surface area contributed by atoms with Crippen LogP contribution in [0.4, 0.5) is 0 Å². The number of likely N-dealkylation sites (N-methyl/N-ethyl adjacent to an activating group) is 1. The van der Waals surface area contributed by atoms with Gasteiger partial charge in [-0.25, -0.2) is 0 Å². The van der Waals surface area contributed by atoms with Gasteiger partial charge in [0.15, 0.2) is 0 Å². The molecule has 0 unspecified atom stereocenters. The largest absolute Gasteiger partial charge is 0.370 e. The number of likely N-dealkylation sites (tertiary alicyclic amines) is 2. The number of thiocarbonyl (C=S) groups is 1. The molecule has 146 valence electrons. The number of carbonyl (C=O) groups is 2. The van der Waals surface area contributed by atoms with Crippen LogP contribution in [-0.2, 0) is 9.59 Å². The van der Waals surface area contributed by atoms with Crippen LogP contribution in [0.3, 0.4) is 0 Å². The first-order chi connectivity index (χ1) is 12.2. The molecular weight excluding hydrogens is 347 g/mol. The summed E-state index contributed by atoms with van der Waals surface area (Å²) in [5.41, 5.74) is -0.187. The summed E-state index contributed by atoms with van der Waals surface area (Å²) in [5.74, 6) is 0.318. The molecule has 0 radical (unpaired) electrons. The molecule has 3 atom stereocenters. The van der Waals surface area contributed by atoms with Gasteiger partial charge in [0.1, 0.15) is 18.9 Å². The van der Waals surface area contributed by atoms with Gasteiger partial charge < -0.3 is 20.4 Å². The minimum atomic E-state index is -0.389. The van der Waals surface area contributed by atoms with Crippen LogP contribution in [0.5, 0.6) is 0 Å². The van der Waals surface area contributed by atoms with Crippen LogP contribution in [0.1, 0.15) is 46.5 Å². The summed E-state index contributed by atoms with van der Waals surface area (Å²) in [6.07, 6.45) is 3.85. The van der Waals surface area contributed by atoms with Crippen LogP contribution in [0.25, 0.3) is 0 Å². The van der Waals surface area contributed by atoms with E-state index in [1.54, 1.807) is 11.9 Å². The predicted molar refractivity (Wildman–Crippen MR) is 111 cm³/mol. The van der Waals surface area contributed by atoms with Crippen molar-refractivity contribution in [3.8, 4) is 0 Å². The lowest BCUT2D eigenvalue weighted by atomic mass is 9.85. The number of nitrogens with one attached hydrogen (secondary N) is 2. The van der Waals surface area contributed by atoms with Gasteiger partial charge in [-0.3, -0.25) is 9.59 Å². The zero-order chi connectivity index (χ0) is 19.5. The van der Waals surface area contributed by atoms with Gasteiger partial charge in [0.05, 0.1) is 12.6 Å². The van der Waals surface area contributed by atoms with E-state index >= 15 is 0 Å². The topological polar surface area (TPSA) is 64.7 Å². The highest BCUT2D eigenvalue weighted by Crippen LogP contribution is 2.27. The van der Waals surface area contributed by atoms with Crippen molar-refractivity contribution in [1.29, 1.82) is 0 Å². The molecule has 0 aromatic carbocycles. The molecular formula is C18H33BN4O2S. The standard InChI is InChI=1S/C18H33BN4O2S/c1-18(2,3)15(17(26)23-10-6-8-13(23)19)21-16(25)12-7-5-9-22(12)14(24)11-20-4/h12-13,15,20H,5-11,19H2,1-4H3,(H,21,25)/t12-,13-,15+/m0/s1. The van der Waals surface area contributed by atoms with E-state index in [0.717, 1.165) is 30.8 Å². The second-order valence-corrected chi connectivity index (χ2v) is 9.02. The van der Waals surface area contributed by atoms with E-state index in [1.165, 1.54) is 0 Å². The molecule has 0 saturated carbocycles. The van der Waals surface area contributed by atoms with E-state index in [-0.39, 0.29) is 35.9 Å². The molecule has 2 rings (SSSR count). The number of amides is 2. The Kier molecular flexibility index (Phi) is 7.08. The number of hydrogen-bond acceptors (Lipinski definition) is 4. The Hall–Kier alpha value is -1.15. The van der Waals surface area contributed by atoms with E-state index in [1.807, 2.05) is 0 Å². The fourth-order valence-corrected chi connectivity index (χ4v) is 4.59. The number of rotatable bonds is 5. The molecule has 0 aromatic rings. The van der Waals surface area contributed by atoms with Crippen molar-refractivity contribution >= 4 is 36.9 Å². The molecule has 2 fully saturated rings. The maximum Gasteiger partial charge on any atom is 0.243 e. The van der Waals surface area contributed by atoms with Crippen LogP contribution < -0.4 is 10.6 Å². The molecule has 0 bridgehead atoms. The quantitative estimate of drug-likeness (QED) is 0.524. The minimum Gasteiger partial charge on any atom is -0.370 e. The van der Waals surface area contributed by atoms with E-state index in [2.05, 4.69) is 44.2 Å². The monoisotopic (exact) mass is 380 g/mol. The Bertz CT molecular complexity index is 552. The highest BCUT2D eigenvalue weighted by molar-refractivity contribution is 7.80. The third kappa shape index (κ3) is 4.77. The van der Waals surface area contributed by atoms with Gasteiger partial charge in [0, 0.05) is 13.1 Å². The smallest absolute Gasteiger partial charge is 0.243 e. The molecule has 2 N–H and O–H groups in total. The van der Waals surface area contributed by atoms with E-state index < -0.39 is 0 Å². The van der Waals surface area contributed by atoms with E-state index in [0.29, 0.717) is 18.9 Å². The van der Waals surface area contributed by atoms with Crippen molar-refractivity contribution in [2.24, 2.45) is 5.41 Å². The van der Waals surface area contributed by atoms with Crippen LogP contribution in [0.2, 0.25) is 0 Å². The highest BCUT2D eigenvalue weighted by Gasteiger charge is 2.39. The van der Waals surface area contributed by atoms with Crippen molar-refractivity contribution in [3.05, 3.63) is 0 Å². The lowest BCUT2D eigenvalue weighted by molar-refractivity contribution is -0.138. The zero-order valence-corrected chi connectivity index (χ0v) is 17.6. The first-order valence-electron chi connectivity index (χ1n) is 9.71. The zero-order valence-electron chi connectivity index (χ0n) is 16.8. The van der Waals surface area contributed by atoms with E-state index in [9.17, 15) is 9.59 Å². The summed E-state index contributed by atoms with van der Waals surface area (Å²) in [5, 5.41) is 6.07. The Morgan fingerprint density at radius 1 is 1.19 bits per heavy atom. The number of nitrogens with zero attached hydrogens (tertiary/aromatic N) is 2. The predicted octanol–water partition coefficient (Wildman–Crippen LogP) is 0.110. The fraction of sp³-hybridized carbons (Fsp3) is 0.833. The summed E-state index contributed by atoms with van der Waals surface area (Å²) >= 11 is 5.80. The first kappa shape index (κ1) is 21.2. The van der Waals surface area contributed by atoms with Gasteiger partial charge in [-0.1, -0.05) is 33.0 Å². The molecule has 0 spiro atoms. The Morgan fingerprint density at radius 2 is 1.81 bits per heavy atom. The molecule has 2 aliphatic rings. The van der Waals surface area contributed by atoms with Crippen LogP contribution in [0, 0.1) is 5.41 Å². The SMILES string of the molecule is B[C@@H]1CCCN1C(=S)[C@@H](NC(=O)[C@@H]1CCCN1C(=O)CNC)C(C)(C)C. The molecule has 2 heterocycles. The molecule has 2 amide bonds. The summed E-state index contributed by atoms with van der Waals surface area (Å²) in [4.78, 5) is 30.1. The highest BCUT2D eigenvalue weighted by atomic mass is 32.1. The summed E-state index contributed by atoms with van der Waals surface area (Å²) in [7, 11) is 3.93. The van der Waals surface area contributed by atoms with Gasteiger partial charge in [-0.15, -0.1) is 0 Å². The van der Waals surface area contributed by atoms with Crippen molar-refractivity contribution in [2.75, 3.05) is 26.7 Å². The summed E-state index contributed by atoms with van der Waals surface area (Å²) in [6.45, 7) is 8.16. The fourth-order valence-electron chi connectivity index (χ4n) is 3.90. The molecule has 2 saturated heterocycles. The molecule has 6 nitrogen and oxygen atoms in total. The van der Waals surface area contributed by atoms with E-state index in [4.69, 9.17) is 12.2 Å². The third-order valence-electron chi connectivity index (χ3n) is 5.44. The van der Waals surface area contributed by atoms with Gasteiger partial charge in [-0.2, -0.15) is 0 Å². The first-order valence-corrected chi connectivity index (χ1v) is 10.1. The van der Waals surface area contributed by atoms with Crippen molar-refractivity contribution in [3.63, 3.8) is 0 Å². The lowest BCUT2D eigenvalue weighted by Crippen LogP contribution is -2.58. The van der Waals surface area contributed by atoms with Crippen molar-refractivity contribution in [1.82, 2.24) is 20.4 Å². The molecule has 26 heavy (non-hydrogen) atoms. The Labute approximate surface area is 163 Å². The second-order valence-electron chi connectivity index (χ2n) is 8.61. The number of carbonyl (C=O) groups excluding carboxylic acids is 2. The van der Waals surface area contributed by atoms with Crippen molar-refractivity contribution < 1.29 is 9.59 Å². The Balaban J connectivity index is 2.11. The molecule has 2 aliphatic heterocycles. The summed E-state index contributed by atoms with van der Waals surface area (Å²) < 4.78 is 0.